The van der Waals surface area contributed by atoms with Gasteiger partial charge in [0, 0.05) is 38.1 Å². The van der Waals surface area contributed by atoms with Gasteiger partial charge < -0.3 is 14.9 Å². The molecule has 0 aliphatic heterocycles. The summed E-state index contributed by atoms with van der Waals surface area (Å²) in [6, 6.07) is 20.9. The van der Waals surface area contributed by atoms with Crippen molar-refractivity contribution >= 4 is 17.5 Å². The quantitative estimate of drug-likeness (QED) is 0.546. The van der Waals surface area contributed by atoms with Crippen LogP contribution >= 0.6 is 0 Å². The van der Waals surface area contributed by atoms with Gasteiger partial charge in [-0.2, -0.15) is 0 Å². The zero-order valence-corrected chi connectivity index (χ0v) is 17.3. The number of allylic oxidation sites excluding steroid dienone is 1. The number of aliphatic hydroxyl groups excluding tert-OH is 1. The first-order valence-corrected chi connectivity index (χ1v) is 9.61. The maximum Gasteiger partial charge on any atom is 0.153 e. The summed E-state index contributed by atoms with van der Waals surface area (Å²) in [5, 5.41) is 10.8. The van der Waals surface area contributed by atoms with E-state index in [4.69, 9.17) is 0 Å². The normalized spacial score (nSPS) is 12.2. The molecular weight excluding hydrogens is 363 g/mol. The lowest BCUT2D eigenvalue weighted by atomic mass is 10.0. The Bertz CT molecular complexity index is 979. The molecule has 1 atom stereocenters. The molecule has 0 saturated heterocycles. The summed E-state index contributed by atoms with van der Waals surface area (Å²) < 4.78 is 14.0. The first-order chi connectivity index (χ1) is 13.9. The van der Waals surface area contributed by atoms with E-state index in [1.54, 1.807) is 11.9 Å². The van der Waals surface area contributed by atoms with E-state index in [9.17, 15) is 9.50 Å². The fraction of sp³-hybridized carbons (Fsp3) is 0.200. The largest absolute Gasteiger partial charge is 0.378 e. The highest BCUT2D eigenvalue weighted by Crippen LogP contribution is 2.28. The molecule has 4 heteroatoms. The van der Waals surface area contributed by atoms with Crippen molar-refractivity contribution in [1.29, 1.82) is 0 Å². The molecular formula is C25H27FN2O. The van der Waals surface area contributed by atoms with E-state index in [1.165, 1.54) is 12.1 Å². The molecule has 0 fully saturated rings. The Morgan fingerprint density at radius 2 is 1.41 bits per heavy atom. The van der Waals surface area contributed by atoms with Gasteiger partial charge >= 0.3 is 0 Å². The van der Waals surface area contributed by atoms with Crippen LogP contribution in [0, 0.1) is 5.82 Å². The van der Waals surface area contributed by atoms with E-state index in [2.05, 4.69) is 29.2 Å². The molecule has 3 rings (SSSR count). The molecule has 150 valence electrons. The zero-order chi connectivity index (χ0) is 21.0. The van der Waals surface area contributed by atoms with Crippen molar-refractivity contribution in [2.45, 2.75) is 13.2 Å². The van der Waals surface area contributed by atoms with Crippen LogP contribution in [0.1, 0.15) is 24.3 Å². The lowest BCUT2D eigenvalue weighted by Crippen LogP contribution is -2.23. The van der Waals surface area contributed by atoms with Gasteiger partial charge in [0.05, 0.1) is 0 Å². The molecule has 3 nitrogen and oxygen atoms in total. The third-order valence-corrected chi connectivity index (χ3v) is 4.96. The van der Waals surface area contributed by atoms with Crippen LogP contribution in [0.15, 0.2) is 72.8 Å². The number of rotatable bonds is 6. The van der Waals surface area contributed by atoms with Gasteiger partial charge in [0.2, 0.25) is 0 Å². The Hall–Kier alpha value is -3.11. The fourth-order valence-corrected chi connectivity index (χ4v) is 3.25. The van der Waals surface area contributed by atoms with E-state index in [1.807, 2.05) is 63.5 Å². The van der Waals surface area contributed by atoms with E-state index >= 15 is 0 Å². The predicted molar refractivity (Wildman–Crippen MR) is 121 cm³/mol. The molecule has 0 bridgehead atoms. The molecule has 0 aromatic heterocycles. The van der Waals surface area contributed by atoms with Crippen LogP contribution in [-0.2, 0) is 0 Å². The molecule has 0 aliphatic carbocycles. The molecule has 0 amide bonds. The molecule has 29 heavy (non-hydrogen) atoms. The molecule has 0 radical (unpaired) electrons. The minimum absolute atomic E-state index is 0.328. The number of nitrogens with zero attached hydrogens (tertiary/aromatic N) is 2. The highest BCUT2D eigenvalue weighted by molar-refractivity contribution is 5.67. The second-order valence-corrected chi connectivity index (χ2v) is 7.29. The number of halogens is 1. The lowest BCUT2D eigenvalue weighted by molar-refractivity contribution is 0.178. The predicted octanol–water partition coefficient (Wildman–Crippen LogP) is 5.72. The number of aliphatic hydroxyl groups is 1. The third-order valence-electron chi connectivity index (χ3n) is 4.96. The lowest BCUT2D eigenvalue weighted by Gasteiger charge is -2.26. The van der Waals surface area contributed by atoms with Crippen LogP contribution in [-0.4, -0.2) is 26.2 Å². The summed E-state index contributed by atoms with van der Waals surface area (Å²) >= 11 is 0. The number of benzene rings is 3. The molecule has 0 heterocycles. The topological polar surface area (TPSA) is 26.7 Å². The SMILES string of the molecule is C/C=C/c1cc(F)cc(N(C)C(O)c2ccc(-c3ccc(N(C)C)cc3)cc2)c1. The smallest absolute Gasteiger partial charge is 0.153 e. The minimum Gasteiger partial charge on any atom is -0.378 e. The van der Waals surface area contributed by atoms with Gasteiger partial charge in [-0.25, -0.2) is 4.39 Å². The highest BCUT2D eigenvalue weighted by Gasteiger charge is 2.15. The summed E-state index contributed by atoms with van der Waals surface area (Å²) in [6.45, 7) is 1.89. The Morgan fingerprint density at radius 3 is 1.97 bits per heavy atom. The van der Waals surface area contributed by atoms with Crippen molar-refractivity contribution in [2.75, 3.05) is 30.9 Å². The van der Waals surface area contributed by atoms with Crippen molar-refractivity contribution in [2.24, 2.45) is 0 Å². The maximum atomic E-state index is 14.0. The molecule has 3 aromatic rings. The monoisotopic (exact) mass is 390 g/mol. The van der Waals surface area contributed by atoms with Crippen LogP contribution in [0.5, 0.6) is 0 Å². The van der Waals surface area contributed by atoms with E-state index in [0.717, 1.165) is 27.9 Å². The molecule has 0 aliphatic rings. The van der Waals surface area contributed by atoms with Crippen molar-refractivity contribution in [3.63, 3.8) is 0 Å². The first-order valence-electron chi connectivity index (χ1n) is 9.61. The Kier molecular flexibility index (Phi) is 6.35. The van der Waals surface area contributed by atoms with Gasteiger partial charge in [0.1, 0.15) is 5.82 Å². The Balaban J connectivity index is 1.80. The van der Waals surface area contributed by atoms with Gasteiger partial charge in [-0.3, -0.25) is 0 Å². The van der Waals surface area contributed by atoms with Crippen molar-refractivity contribution in [1.82, 2.24) is 0 Å². The van der Waals surface area contributed by atoms with E-state index in [-0.39, 0.29) is 5.82 Å². The fourth-order valence-electron chi connectivity index (χ4n) is 3.25. The summed E-state index contributed by atoms with van der Waals surface area (Å²) in [6.07, 6.45) is 2.82. The van der Waals surface area contributed by atoms with Crippen LogP contribution in [0.25, 0.3) is 17.2 Å². The van der Waals surface area contributed by atoms with Crippen LogP contribution in [0.4, 0.5) is 15.8 Å². The number of hydrogen-bond donors (Lipinski definition) is 1. The minimum atomic E-state index is -0.875. The summed E-state index contributed by atoms with van der Waals surface area (Å²) in [7, 11) is 5.79. The molecule has 1 N–H and O–H groups in total. The van der Waals surface area contributed by atoms with E-state index in [0.29, 0.717) is 5.69 Å². The molecule has 0 saturated carbocycles. The van der Waals surface area contributed by atoms with Crippen molar-refractivity contribution < 1.29 is 9.50 Å². The highest BCUT2D eigenvalue weighted by atomic mass is 19.1. The number of anilines is 2. The van der Waals surface area contributed by atoms with Crippen LogP contribution in [0.2, 0.25) is 0 Å². The summed E-state index contributed by atoms with van der Waals surface area (Å²) in [5.41, 5.74) is 5.47. The van der Waals surface area contributed by atoms with Crippen molar-refractivity contribution in [3.8, 4) is 11.1 Å². The van der Waals surface area contributed by atoms with Crippen LogP contribution in [0.3, 0.4) is 0 Å². The van der Waals surface area contributed by atoms with Gasteiger partial charge in [-0.1, -0.05) is 48.6 Å². The second kappa shape index (κ2) is 8.93. The summed E-state index contributed by atoms with van der Waals surface area (Å²) in [4.78, 5) is 3.73. The molecule has 1 unspecified atom stereocenters. The average molecular weight is 391 g/mol. The second-order valence-electron chi connectivity index (χ2n) is 7.29. The van der Waals surface area contributed by atoms with E-state index < -0.39 is 6.23 Å². The summed E-state index contributed by atoms with van der Waals surface area (Å²) in [5.74, 6) is -0.328. The standard InChI is InChI=1S/C25H27FN2O/c1-5-6-18-15-22(26)17-24(16-18)28(4)25(29)21-9-7-19(8-10-21)20-11-13-23(14-12-20)27(2)3/h5-17,25,29H,1-4H3/b6-5+. The molecule has 3 aromatic carbocycles. The Labute approximate surface area is 172 Å². The van der Waals surface area contributed by atoms with Gasteiger partial charge in [0.15, 0.2) is 6.23 Å². The molecule has 0 spiro atoms. The van der Waals surface area contributed by atoms with Gasteiger partial charge in [-0.05, 0) is 53.9 Å². The number of hydrogen-bond acceptors (Lipinski definition) is 3. The Morgan fingerprint density at radius 1 is 0.828 bits per heavy atom. The van der Waals surface area contributed by atoms with Gasteiger partial charge in [0.25, 0.3) is 0 Å². The average Bonchev–Trinajstić information content (AvgIpc) is 2.72. The first kappa shape index (κ1) is 20.6. The van der Waals surface area contributed by atoms with Crippen molar-refractivity contribution in [3.05, 3.63) is 89.8 Å². The van der Waals surface area contributed by atoms with Gasteiger partial charge in [-0.15, -0.1) is 0 Å². The third kappa shape index (κ3) is 4.84. The maximum absolute atomic E-state index is 14.0. The zero-order valence-electron chi connectivity index (χ0n) is 17.3. The van der Waals surface area contributed by atoms with Crippen LogP contribution < -0.4 is 9.80 Å².